The second-order valence-electron chi connectivity index (χ2n) is 7.00. The molecule has 0 aliphatic carbocycles. The lowest BCUT2D eigenvalue weighted by Crippen LogP contribution is -2.36. The Balaban J connectivity index is 1.39. The summed E-state index contributed by atoms with van der Waals surface area (Å²) in [5.41, 5.74) is 3.33. The monoisotopic (exact) mass is 382 g/mol. The first kappa shape index (κ1) is 18.4. The maximum atomic E-state index is 13.0. The molecule has 2 saturated heterocycles. The van der Waals surface area contributed by atoms with Crippen LogP contribution in [0.4, 0.5) is 5.69 Å². The SMILES string of the molecule is O=C(c1ccc(N2CCOCC2)cc1)N1CCS[C@@H](c2ccccc2)CC1. The molecule has 0 bridgehead atoms. The highest BCUT2D eigenvalue weighted by molar-refractivity contribution is 7.99. The molecule has 0 spiro atoms. The summed E-state index contributed by atoms with van der Waals surface area (Å²) in [6.45, 7) is 5.01. The van der Waals surface area contributed by atoms with E-state index in [1.54, 1.807) is 0 Å². The molecule has 0 radical (unpaired) electrons. The zero-order valence-electron chi connectivity index (χ0n) is 15.5. The molecule has 5 heteroatoms. The number of rotatable bonds is 3. The van der Waals surface area contributed by atoms with Crippen LogP contribution in [0.1, 0.15) is 27.6 Å². The molecule has 2 aliphatic rings. The molecule has 0 aromatic heterocycles. The molecule has 2 aliphatic heterocycles. The van der Waals surface area contributed by atoms with Gasteiger partial charge in [-0.3, -0.25) is 4.79 Å². The maximum Gasteiger partial charge on any atom is 0.253 e. The first-order chi connectivity index (χ1) is 13.3. The van der Waals surface area contributed by atoms with Crippen molar-refractivity contribution in [1.29, 1.82) is 0 Å². The van der Waals surface area contributed by atoms with Gasteiger partial charge in [-0.05, 0) is 36.2 Å². The van der Waals surface area contributed by atoms with E-state index >= 15 is 0 Å². The van der Waals surface area contributed by atoms with Gasteiger partial charge in [0, 0.05) is 48.4 Å². The van der Waals surface area contributed by atoms with E-state index in [2.05, 4.69) is 47.4 Å². The van der Waals surface area contributed by atoms with Gasteiger partial charge in [-0.15, -0.1) is 0 Å². The van der Waals surface area contributed by atoms with Gasteiger partial charge in [0.1, 0.15) is 0 Å². The summed E-state index contributed by atoms with van der Waals surface area (Å²) in [5.74, 6) is 1.13. The van der Waals surface area contributed by atoms with Crippen molar-refractivity contribution in [3.8, 4) is 0 Å². The molecule has 2 aromatic carbocycles. The average Bonchev–Trinajstić information content (AvgIpc) is 3.01. The van der Waals surface area contributed by atoms with Crippen LogP contribution in [0.2, 0.25) is 0 Å². The van der Waals surface area contributed by atoms with Crippen molar-refractivity contribution in [2.75, 3.05) is 50.0 Å². The number of morpholine rings is 1. The van der Waals surface area contributed by atoms with E-state index in [1.165, 1.54) is 11.3 Å². The second-order valence-corrected chi connectivity index (χ2v) is 8.31. The minimum Gasteiger partial charge on any atom is -0.378 e. The molecule has 1 amide bonds. The van der Waals surface area contributed by atoms with Crippen molar-refractivity contribution >= 4 is 23.4 Å². The first-order valence-corrected chi connectivity index (χ1v) is 10.7. The maximum absolute atomic E-state index is 13.0. The molecule has 0 N–H and O–H groups in total. The van der Waals surface area contributed by atoms with E-state index in [9.17, 15) is 4.79 Å². The van der Waals surface area contributed by atoms with Crippen LogP contribution in [0.25, 0.3) is 0 Å². The molecule has 0 saturated carbocycles. The zero-order valence-corrected chi connectivity index (χ0v) is 16.4. The molecule has 2 heterocycles. The number of nitrogens with zero attached hydrogens (tertiary/aromatic N) is 2. The number of carbonyl (C=O) groups is 1. The number of thioether (sulfide) groups is 1. The Labute approximate surface area is 165 Å². The highest BCUT2D eigenvalue weighted by Gasteiger charge is 2.23. The van der Waals surface area contributed by atoms with Crippen LogP contribution in [-0.2, 0) is 4.74 Å². The van der Waals surface area contributed by atoms with Gasteiger partial charge in [-0.25, -0.2) is 0 Å². The van der Waals surface area contributed by atoms with E-state index in [0.29, 0.717) is 5.25 Å². The average molecular weight is 383 g/mol. The third-order valence-corrected chi connectivity index (χ3v) is 6.62. The van der Waals surface area contributed by atoms with Crippen LogP contribution < -0.4 is 4.90 Å². The zero-order chi connectivity index (χ0) is 18.5. The lowest BCUT2D eigenvalue weighted by Gasteiger charge is -2.29. The Morgan fingerprint density at radius 3 is 2.41 bits per heavy atom. The quantitative estimate of drug-likeness (QED) is 0.807. The van der Waals surface area contributed by atoms with Crippen molar-refractivity contribution in [3.63, 3.8) is 0 Å². The molecule has 27 heavy (non-hydrogen) atoms. The van der Waals surface area contributed by atoms with Gasteiger partial charge in [-0.1, -0.05) is 30.3 Å². The smallest absolute Gasteiger partial charge is 0.253 e. The van der Waals surface area contributed by atoms with E-state index in [1.807, 2.05) is 28.8 Å². The Morgan fingerprint density at radius 1 is 0.926 bits per heavy atom. The third-order valence-electron chi connectivity index (χ3n) is 5.29. The van der Waals surface area contributed by atoms with Gasteiger partial charge in [0.2, 0.25) is 0 Å². The highest BCUT2D eigenvalue weighted by atomic mass is 32.2. The summed E-state index contributed by atoms with van der Waals surface area (Å²) >= 11 is 1.96. The van der Waals surface area contributed by atoms with Gasteiger partial charge in [0.25, 0.3) is 5.91 Å². The standard InChI is InChI=1S/C22H26N2O2S/c25-22(19-6-8-20(9-7-19)23-12-15-26-16-13-23)24-11-10-21(27-17-14-24)18-4-2-1-3-5-18/h1-9,21H,10-17H2/t21-/m1/s1. The minimum absolute atomic E-state index is 0.151. The topological polar surface area (TPSA) is 32.8 Å². The van der Waals surface area contributed by atoms with Gasteiger partial charge >= 0.3 is 0 Å². The van der Waals surface area contributed by atoms with Crippen molar-refractivity contribution < 1.29 is 9.53 Å². The van der Waals surface area contributed by atoms with Crippen LogP contribution >= 0.6 is 11.8 Å². The van der Waals surface area contributed by atoms with Crippen molar-refractivity contribution in [2.24, 2.45) is 0 Å². The van der Waals surface area contributed by atoms with Crippen LogP contribution in [0.3, 0.4) is 0 Å². The van der Waals surface area contributed by atoms with Gasteiger partial charge in [-0.2, -0.15) is 11.8 Å². The second kappa shape index (κ2) is 8.81. The van der Waals surface area contributed by atoms with Crippen molar-refractivity contribution in [3.05, 3.63) is 65.7 Å². The van der Waals surface area contributed by atoms with Crippen molar-refractivity contribution in [2.45, 2.75) is 11.7 Å². The van der Waals surface area contributed by atoms with Crippen molar-refractivity contribution in [1.82, 2.24) is 4.90 Å². The molecule has 2 aromatic rings. The van der Waals surface area contributed by atoms with E-state index < -0.39 is 0 Å². The fourth-order valence-corrected chi connectivity index (χ4v) is 4.96. The number of benzene rings is 2. The molecular weight excluding hydrogens is 356 g/mol. The molecular formula is C22H26N2O2S. The highest BCUT2D eigenvalue weighted by Crippen LogP contribution is 2.34. The molecule has 4 nitrogen and oxygen atoms in total. The number of anilines is 1. The van der Waals surface area contributed by atoms with E-state index in [-0.39, 0.29) is 5.91 Å². The van der Waals surface area contributed by atoms with E-state index in [0.717, 1.165) is 57.1 Å². The summed E-state index contributed by atoms with van der Waals surface area (Å²) in [6.07, 6.45) is 1.01. The third kappa shape index (κ3) is 4.47. The van der Waals surface area contributed by atoms with Gasteiger partial charge in [0.05, 0.1) is 13.2 Å². The molecule has 0 unspecified atom stereocenters. The summed E-state index contributed by atoms with van der Waals surface area (Å²) in [5, 5.41) is 0.479. The predicted molar refractivity (Wildman–Crippen MR) is 112 cm³/mol. The minimum atomic E-state index is 0.151. The molecule has 142 valence electrons. The van der Waals surface area contributed by atoms with Gasteiger partial charge < -0.3 is 14.5 Å². The number of amides is 1. The molecule has 2 fully saturated rings. The lowest BCUT2D eigenvalue weighted by molar-refractivity contribution is 0.0766. The van der Waals surface area contributed by atoms with Crippen LogP contribution in [0.5, 0.6) is 0 Å². The summed E-state index contributed by atoms with van der Waals surface area (Å²) in [7, 11) is 0. The number of ether oxygens (including phenoxy) is 1. The van der Waals surface area contributed by atoms with Crippen LogP contribution in [-0.4, -0.2) is 56.0 Å². The molecule has 1 atom stereocenters. The lowest BCUT2D eigenvalue weighted by atomic mass is 10.1. The summed E-state index contributed by atoms with van der Waals surface area (Å²) in [6, 6.07) is 18.7. The summed E-state index contributed by atoms with van der Waals surface area (Å²) < 4.78 is 5.41. The Hall–Kier alpha value is -1.98. The molecule has 4 rings (SSSR count). The normalized spacial score (nSPS) is 21.0. The fourth-order valence-electron chi connectivity index (χ4n) is 3.73. The Bertz CT molecular complexity index is 745. The fraction of sp³-hybridized carbons (Fsp3) is 0.409. The van der Waals surface area contributed by atoms with Crippen LogP contribution in [0, 0.1) is 0 Å². The number of hydrogen-bond acceptors (Lipinski definition) is 4. The Kier molecular flexibility index (Phi) is 6.00. The first-order valence-electron chi connectivity index (χ1n) is 9.70. The van der Waals surface area contributed by atoms with E-state index in [4.69, 9.17) is 4.74 Å². The number of carbonyl (C=O) groups excluding carboxylic acids is 1. The largest absolute Gasteiger partial charge is 0.378 e. The predicted octanol–water partition coefficient (Wildman–Crippen LogP) is 3.84. The van der Waals surface area contributed by atoms with Gasteiger partial charge in [0.15, 0.2) is 0 Å². The summed E-state index contributed by atoms with van der Waals surface area (Å²) in [4.78, 5) is 17.3. The van der Waals surface area contributed by atoms with Crippen LogP contribution in [0.15, 0.2) is 54.6 Å². The Morgan fingerprint density at radius 2 is 1.67 bits per heavy atom. The number of hydrogen-bond donors (Lipinski definition) is 0.